The lowest BCUT2D eigenvalue weighted by Gasteiger charge is -2.34. The number of hydrogen-bond donors (Lipinski definition) is 0. The Bertz CT molecular complexity index is 784. The van der Waals surface area contributed by atoms with Crippen LogP contribution < -0.4 is 14.2 Å². The van der Waals surface area contributed by atoms with E-state index >= 15 is 0 Å². The molecule has 150 valence electrons. The van der Waals surface area contributed by atoms with Crippen LogP contribution in [-0.2, 0) is 6.42 Å². The van der Waals surface area contributed by atoms with Crippen molar-refractivity contribution in [3.63, 3.8) is 0 Å². The highest BCUT2D eigenvalue weighted by Crippen LogP contribution is 2.28. The molecule has 0 aromatic heterocycles. The third-order valence-electron chi connectivity index (χ3n) is 5.17. The predicted molar refractivity (Wildman–Crippen MR) is 109 cm³/mol. The first-order valence-corrected chi connectivity index (χ1v) is 9.51. The summed E-state index contributed by atoms with van der Waals surface area (Å²) in [4.78, 5) is 17.1. The van der Waals surface area contributed by atoms with Crippen molar-refractivity contribution in [1.29, 1.82) is 0 Å². The SMILES string of the molecule is COc1ccc(CCN2CCN(C(=O)c3ccc(OC)c(OC)c3)CC2)cc1. The van der Waals surface area contributed by atoms with E-state index in [2.05, 4.69) is 17.0 Å². The number of hydrogen-bond acceptors (Lipinski definition) is 5. The summed E-state index contributed by atoms with van der Waals surface area (Å²) >= 11 is 0. The zero-order chi connectivity index (χ0) is 19.9. The largest absolute Gasteiger partial charge is 0.497 e. The molecule has 2 aromatic carbocycles. The standard InChI is InChI=1S/C22H28N2O4/c1-26-19-7-4-17(5-8-19)10-11-23-12-14-24(15-13-23)22(25)18-6-9-20(27-2)21(16-18)28-3/h4-9,16H,10-15H2,1-3H3. The van der Waals surface area contributed by atoms with Gasteiger partial charge >= 0.3 is 0 Å². The van der Waals surface area contributed by atoms with Crippen molar-refractivity contribution in [1.82, 2.24) is 9.80 Å². The van der Waals surface area contributed by atoms with Crippen LogP contribution in [0.5, 0.6) is 17.2 Å². The van der Waals surface area contributed by atoms with E-state index in [1.807, 2.05) is 17.0 Å². The van der Waals surface area contributed by atoms with Crippen LogP contribution in [0.15, 0.2) is 42.5 Å². The van der Waals surface area contributed by atoms with Gasteiger partial charge in [0.05, 0.1) is 21.3 Å². The summed E-state index contributed by atoms with van der Waals surface area (Å²) in [5.41, 5.74) is 1.92. The van der Waals surface area contributed by atoms with Crippen LogP contribution in [0.1, 0.15) is 15.9 Å². The molecule has 0 unspecified atom stereocenters. The van der Waals surface area contributed by atoms with Gasteiger partial charge in [-0.15, -0.1) is 0 Å². The van der Waals surface area contributed by atoms with E-state index in [4.69, 9.17) is 14.2 Å². The monoisotopic (exact) mass is 384 g/mol. The fourth-order valence-electron chi connectivity index (χ4n) is 3.41. The maximum absolute atomic E-state index is 12.8. The van der Waals surface area contributed by atoms with Gasteiger partial charge in [-0.1, -0.05) is 12.1 Å². The summed E-state index contributed by atoms with van der Waals surface area (Å²) < 4.78 is 15.8. The summed E-state index contributed by atoms with van der Waals surface area (Å²) in [5.74, 6) is 2.12. The molecular weight excluding hydrogens is 356 g/mol. The number of benzene rings is 2. The molecule has 1 aliphatic rings. The van der Waals surface area contributed by atoms with Crippen LogP contribution in [0.3, 0.4) is 0 Å². The molecule has 1 saturated heterocycles. The molecule has 0 bridgehead atoms. The molecule has 1 heterocycles. The van der Waals surface area contributed by atoms with Crippen LogP contribution in [0.4, 0.5) is 0 Å². The molecule has 1 amide bonds. The second-order valence-electron chi connectivity index (χ2n) is 6.80. The summed E-state index contributed by atoms with van der Waals surface area (Å²) in [6.45, 7) is 4.22. The molecule has 28 heavy (non-hydrogen) atoms. The lowest BCUT2D eigenvalue weighted by molar-refractivity contribution is 0.0638. The molecule has 0 spiro atoms. The number of carbonyl (C=O) groups is 1. The molecular formula is C22H28N2O4. The average molecular weight is 384 g/mol. The Morgan fingerprint density at radius 2 is 1.54 bits per heavy atom. The molecule has 0 N–H and O–H groups in total. The van der Waals surface area contributed by atoms with Gasteiger partial charge in [-0.2, -0.15) is 0 Å². The maximum Gasteiger partial charge on any atom is 0.254 e. The van der Waals surface area contributed by atoms with Crippen LogP contribution >= 0.6 is 0 Å². The minimum atomic E-state index is 0.0377. The Morgan fingerprint density at radius 3 is 2.14 bits per heavy atom. The summed E-state index contributed by atoms with van der Waals surface area (Å²) in [7, 11) is 4.84. The maximum atomic E-state index is 12.8. The van der Waals surface area contributed by atoms with Crippen molar-refractivity contribution in [3.8, 4) is 17.2 Å². The highest BCUT2D eigenvalue weighted by molar-refractivity contribution is 5.95. The number of methoxy groups -OCH3 is 3. The van der Waals surface area contributed by atoms with Gasteiger partial charge in [-0.05, 0) is 42.3 Å². The Morgan fingerprint density at radius 1 is 0.857 bits per heavy atom. The molecule has 2 aromatic rings. The number of piperazine rings is 1. The van der Waals surface area contributed by atoms with Crippen molar-refractivity contribution < 1.29 is 19.0 Å². The average Bonchev–Trinajstić information content (AvgIpc) is 2.77. The first kappa shape index (κ1) is 20.0. The first-order chi connectivity index (χ1) is 13.6. The summed E-state index contributed by atoms with van der Waals surface area (Å²) in [6, 6.07) is 13.5. The van der Waals surface area contributed by atoms with Crippen LogP contribution in [0.2, 0.25) is 0 Å². The Kier molecular flexibility index (Phi) is 6.76. The van der Waals surface area contributed by atoms with Crippen molar-refractivity contribution in [2.75, 3.05) is 54.1 Å². The molecule has 0 atom stereocenters. The number of ether oxygens (including phenoxy) is 3. The lowest BCUT2D eigenvalue weighted by Crippen LogP contribution is -2.49. The van der Waals surface area contributed by atoms with Gasteiger partial charge in [0.15, 0.2) is 11.5 Å². The summed E-state index contributed by atoms with van der Waals surface area (Å²) in [6.07, 6.45) is 0.994. The number of nitrogens with zero attached hydrogens (tertiary/aromatic N) is 2. The van der Waals surface area contributed by atoms with Gasteiger partial charge in [-0.25, -0.2) is 0 Å². The molecule has 0 radical (unpaired) electrons. The van der Waals surface area contributed by atoms with E-state index in [0.717, 1.165) is 44.9 Å². The second kappa shape index (κ2) is 9.46. The zero-order valence-corrected chi connectivity index (χ0v) is 16.8. The van der Waals surface area contributed by atoms with Crippen molar-refractivity contribution in [2.45, 2.75) is 6.42 Å². The molecule has 1 fully saturated rings. The predicted octanol–water partition coefficient (Wildman–Crippen LogP) is 2.71. The van der Waals surface area contributed by atoms with Gasteiger partial charge < -0.3 is 19.1 Å². The highest BCUT2D eigenvalue weighted by Gasteiger charge is 2.22. The van der Waals surface area contributed by atoms with Gasteiger partial charge in [0.1, 0.15) is 5.75 Å². The van der Waals surface area contributed by atoms with Gasteiger partial charge in [-0.3, -0.25) is 9.69 Å². The quantitative estimate of drug-likeness (QED) is 0.735. The van der Waals surface area contributed by atoms with Crippen molar-refractivity contribution in [3.05, 3.63) is 53.6 Å². The van der Waals surface area contributed by atoms with Gasteiger partial charge in [0, 0.05) is 38.3 Å². The smallest absolute Gasteiger partial charge is 0.254 e. The van der Waals surface area contributed by atoms with E-state index < -0.39 is 0 Å². The molecule has 1 aliphatic heterocycles. The van der Waals surface area contributed by atoms with Crippen LogP contribution in [-0.4, -0.2) is 69.8 Å². The van der Waals surface area contributed by atoms with Crippen molar-refractivity contribution >= 4 is 5.91 Å². The highest BCUT2D eigenvalue weighted by atomic mass is 16.5. The fourth-order valence-corrected chi connectivity index (χ4v) is 3.41. The third-order valence-corrected chi connectivity index (χ3v) is 5.17. The third kappa shape index (κ3) is 4.75. The van der Waals surface area contributed by atoms with Gasteiger partial charge in [0.2, 0.25) is 0 Å². The fraction of sp³-hybridized carbons (Fsp3) is 0.409. The summed E-state index contributed by atoms with van der Waals surface area (Å²) in [5, 5.41) is 0. The molecule has 0 aliphatic carbocycles. The normalized spacial score (nSPS) is 14.6. The molecule has 6 heteroatoms. The number of carbonyl (C=O) groups excluding carboxylic acids is 1. The Balaban J connectivity index is 1.51. The second-order valence-corrected chi connectivity index (χ2v) is 6.80. The number of rotatable bonds is 7. The van der Waals surface area contributed by atoms with Crippen LogP contribution in [0.25, 0.3) is 0 Å². The zero-order valence-electron chi connectivity index (χ0n) is 16.8. The Labute approximate surface area is 166 Å². The van der Waals surface area contributed by atoms with Crippen molar-refractivity contribution in [2.24, 2.45) is 0 Å². The topological polar surface area (TPSA) is 51.2 Å². The van der Waals surface area contributed by atoms with E-state index in [1.165, 1.54) is 5.56 Å². The van der Waals surface area contributed by atoms with Crippen LogP contribution in [0, 0.1) is 0 Å². The molecule has 0 saturated carbocycles. The lowest BCUT2D eigenvalue weighted by atomic mass is 10.1. The van der Waals surface area contributed by atoms with Gasteiger partial charge in [0.25, 0.3) is 5.91 Å². The first-order valence-electron chi connectivity index (χ1n) is 9.51. The van der Waals surface area contributed by atoms with E-state index in [0.29, 0.717) is 17.1 Å². The number of amides is 1. The minimum absolute atomic E-state index is 0.0377. The minimum Gasteiger partial charge on any atom is -0.497 e. The van der Waals surface area contributed by atoms with E-state index in [9.17, 15) is 4.79 Å². The molecule has 6 nitrogen and oxygen atoms in total. The Hall–Kier alpha value is -2.73. The van der Waals surface area contributed by atoms with E-state index in [-0.39, 0.29) is 5.91 Å². The van der Waals surface area contributed by atoms with E-state index in [1.54, 1.807) is 39.5 Å². The molecule has 3 rings (SSSR count).